The standard InChI is InChI=1S/C18H17OS.BF4/c1-13(19)17-16-11-7-6-10-15(16)12-20(2)18(17)14-8-4-3-5-9-14;2-1(3,4)5/h3-11H,12H2,1-2H3;/q+1;-1. The molecule has 132 valence electrons. The molecule has 0 amide bonds. The van der Waals surface area contributed by atoms with Crippen LogP contribution in [-0.2, 0) is 21.4 Å². The van der Waals surface area contributed by atoms with Crippen molar-refractivity contribution in [3.63, 3.8) is 0 Å². The largest absolute Gasteiger partial charge is 0.673 e. The fourth-order valence-corrected chi connectivity index (χ4v) is 4.78. The second-order valence-corrected chi connectivity index (χ2v) is 7.53. The van der Waals surface area contributed by atoms with E-state index in [4.69, 9.17) is 0 Å². The Morgan fingerprint density at radius 1 is 0.960 bits per heavy atom. The van der Waals surface area contributed by atoms with Crippen LogP contribution in [0.5, 0.6) is 0 Å². The lowest BCUT2D eigenvalue weighted by atomic mass is 9.95. The summed E-state index contributed by atoms with van der Waals surface area (Å²) in [5, 5.41) is 0. The Hall–Kier alpha value is -2.02. The van der Waals surface area contributed by atoms with Crippen molar-refractivity contribution in [2.24, 2.45) is 0 Å². The van der Waals surface area contributed by atoms with Crippen molar-refractivity contribution < 1.29 is 22.1 Å². The minimum absolute atomic E-state index is 0.0678. The number of rotatable bonds is 2. The average Bonchev–Trinajstić information content (AvgIpc) is 2.52. The van der Waals surface area contributed by atoms with E-state index >= 15 is 0 Å². The number of benzene rings is 2. The lowest BCUT2D eigenvalue weighted by Gasteiger charge is -2.20. The van der Waals surface area contributed by atoms with Crippen molar-refractivity contribution in [1.82, 2.24) is 0 Å². The zero-order chi connectivity index (χ0) is 18.6. The van der Waals surface area contributed by atoms with Gasteiger partial charge in [0.05, 0.1) is 5.57 Å². The highest BCUT2D eigenvalue weighted by molar-refractivity contribution is 8.04. The number of hydrogen-bond acceptors (Lipinski definition) is 1. The van der Waals surface area contributed by atoms with Crippen LogP contribution < -0.4 is 0 Å². The van der Waals surface area contributed by atoms with Gasteiger partial charge in [-0.15, -0.1) is 0 Å². The molecular formula is C18H17BF4OS. The van der Waals surface area contributed by atoms with Crippen LogP contribution in [0.4, 0.5) is 17.3 Å². The predicted molar refractivity (Wildman–Crippen MR) is 97.6 cm³/mol. The van der Waals surface area contributed by atoms with Crippen LogP contribution in [0.3, 0.4) is 0 Å². The summed E-state index contributed by atoms with van der Waals surface area (Å²) in [7, 11) is -5.93. The summed E-state index contributed by atoms with van der Waals surface area (Å²) in [4.78, 5) is 13.5. The van der Waals surface area contributed by atoms with E-state index in [9.17, 15) is 22.1 Å². The highest BCUT2D eigenvalue weighted by atomic mass is 32.2. The topological polar surface area (TPSA) is 17.1 Å². The summed E-state index contributed by atoms with van der Waals surface area (Å²) >= 11 is 0. The van der Waals surface area contributed by atoms with Gasteiger partial charge in [-0.3, -0.25) is 4.79 Å². The van der Waals surface area contributed by atoms with Gasteiger partial charge in [0, 0.05) is 22.0 Å². The third-order valence-electron chi connectivity index (χ3n) is 3.62. The Bertz CT molecular complexity index is 781. The quantitative estimate of drug-likeness (QED) is 0.404. The third-order valence-corrected chi connectivity index (χ3v) is 5.50. The van der Waals surface area contributed by atoms with Crippen molar-refractivity contribution in [1.29, 1.82) is 0 Å². The van der Waals surface area contributed by atoms with Crippen molar-refractivity contribution in [3.05, 3.63) is 71.3 Å². The highest BCUT2D eigenvalue weighted by Crippen LogP contribution is 2.39. The molecule has 1 nitrogen and oxygen atoms in total. The zero-order valence-corrected chi connectivity index (χ0v) is 14.6. The number of carbonyl (C=O) groups is 1. The molecule has 25 heavy (non-hydrogen) atoms. The first-order valence-corrected chi connectivity index (χ1v) is 9.37. The molecule has 7 heteroatoms. The van der Waals surface area contributed by atoms with Crippen LogP contribution in [0.2, 0.25) is 0 Å². The molecule has 0 saturated carbocycles. The van der Waals surface area contributed by atoms with Gasteiger partial charge in [0.2, 0.25) is 0 Å². The number of ketones is 1. The van der Waals surface area contributed by atoms with Crippen LogP contribution in [0.25, 0.3) is 10.5 Å². The van der Waals surface area contributed by atoms with E-state index in [0.29, 0.717) is 0 Å². The molecule has 1 aliphatic heterocycles. The van der Waals surface area contributed by atoms with Crippen LogP contribution >= 0.6 is 0 Å². The fourth-order valence-electron chi connectivity index (χ4n) is 2.78. The molecule has 1 unspecified atom stereocenters. The van der Waals surface area contributed by atoms with Gasteiger partial charge in [0.15, 0.2) is 10.7 Å². The van der Waals surface area contributed by atoms with Gasteiger partial charge < -0.3 is 17.3 Å². The van der Waals surface area contributed by atoms with Gasteiger partial charge in [-0.05, 0) is 24.6 Å². The fraction of sp³-hybridized carbons (Fsp3) is 0.167. The van der Waals surface area contributed by atoms with Crippen molar-refractivity contribution >= 4 is 34.4 Å². The molecular weight excluding hydrogens is 351 g/mol. The second-order valence-electron chi connectivity index (χ2n) is 5.56. The number of fused-ring (bicyclic) bond motifs is 1. The number of hydrogen-bond donors (Lipinski definition) is 0. The van der Waals surface area contributed by atoms with Crippen molar-refractivity contribution in [2.75, 3.05) is 6.26 Å². The lowest BCUT2D eigenvalue weighted by molar-refractivity contribution is -0.111. The van der Waals surface area contributed by atoms with E-state index in [1.54, 1.807) is 6.92 Å². The van der Waals surface area contributed by atoms with Gasteiger partial charge in [-0.2, -0.15) is 0 Å². The highest BCUT2D eigenvalue weighted by Gasteiger charge is 2.34. The Balaban J connectivity index is 0.000000399. The molecule has 0 spiro atoms. The van der Waals surface area contributed by atoms with Crippen molar-refractivity contribution in [2.45, 2.75) is 12.7 Å². The zero-order valence-electron chi connectivity index (χ0n) is 13.8. The first-order chi connectivity index (χ1) is 11.7. The van der Waals surface area contributed by atoms with Crippen molar-refractivity contribution in [3.8, 4) is 0 Å². The molecule has 0 fully saturated rings. The normalized spacial score (nSPS) is 16.6. The Morgan fingerprint density at radius 2 is 1.48 bits per heavy atom. The van der Waals surface area contributed by atoms with Crippen LogP contribution in [0.1, 0.15) is 23.6 Å². The van der Waals surface area contributed by atoms with Crippen LogP contribution in [0, 0.1) is 0 Å². The maximum absolute atomic E-state index is 12.2. The summed E-state index contributed by atoms with van der Waals surface area (Å²) < 4.78 is 39.0. The molecule has 1 heterocycles. The molecule has 1 aliphatic rings. The van der Waals surface area contributed by atoms with Gasteiger partial charge in [0.1, 0.15) is 12.0 Å². The summed E-state index contributed by atoms with van der Waals surface area (Å²) in [6.07, 6.45) is 2.24. The smallest absolute Gasteiger partial charge is 0.418 e. The molecule has 0 aromatic heterocycles. The predicted octanol–water partition coefficient (Wildman–Crippen LogP) is 5.21. The van der Waals surface area contributed by atoms with Crippen LogP contribution in [-0.4, -0.2) is 19.3 Å². The monoisotopic (exact) mass is 368 g/mol. The summed E-state index contributed by atoms with van der Waals surface area (Å²) in [6, 6.07) is 18.6. The number of carbonyl (C=O) groups excluding carboxylic acids is 1. The van der Waals surface area contributed by atoms with E-state index < -0.39 is 7.25 Å². The van der Waals surface area contributed by atoms with Gasteiger partial charge >= 0.3 is 7.25 Å². The van der Waals surface area contributed by atoms with Gasteiger partial charge in [-0.25, -0.2) is 0 Å². The summed E-state index contributed by atoms with van der Waals surface area (Å²) in [5.41, 5.74) is 4.49. The molecule has 0 saturated heterocycles. The van der Waals surface area contributed by atoms with E-state index in [1.165, 1.54) is 16.0 Å². The molecule has 0 N–H and O–H groups in total. The summed E-state index contributed by atoms with van der Waals surface area (Å²) in [6.45, 7) is 1.68. The Morgan fingerprint density at radius 3 is 2.04 bits per heavy atom. The van der Waals surface area contributed by atoms with E-state index in [1.807, 2.05) is 24.3 Å². The maximum atomic E-state index is 12.2. The molecule has 0 radical (unpaired) electrons. The molecule has 0 aliphatic carbocycles. The average molecular weight is 368 g/mol. The van der Waals surface area contributed by atoms with E-state index in [-0.39, 0.29) is 16.7 Å². The molecule has 2 aromatic carbocycles. The van der Waals surface area contributed by atoms with Crippen LogP contribution in [0.15, 0.2) is 54.6 Å². The molecule has 1 atom stereocenters. The third kappa shape index (κ3) is 5.23. The summed E-state index contributed by atoms with van der Waals surface area (Å²) in [5.74, 6) is 1.19. The number of allylic oxidation sites excluding steroid dienone is 1. The molecule has 3 rings (SSSR count). The first-order valence-electron chi connectivity index (χ1n) is 7.57. The lowest BCUT2D eigenvalue weighted by Crippen LogP contribution is -2.17. The first kappa shape index (κ1) is 19.3. The minimum atomic E-state index is -6.00. The van der Waals surface area contributed by atoms with Gasteiger partial charge in [0.25, 0.3) is 0 Å². The molecule has 0 bridgehead atoms. The van der Waals surface area contributed by atoms with E-state index in [2.05, 4.69) is 36.6 Å². The maximum Gasteiger partial charge on any atom is 0.673 e. The van der Waals surface area contributed by atoms with Gasteiger partial charge in [-0.1, -0.05) is 42.5 Å². The minimum Gasteiger partial charge on any atom is -0.418 e. The van der Waals surface area contributed by atoms with E-state index in [0.717, 1.165) is 16.9 Å². The Labute approximate surface area is 147 Å². The SMILES string of the molecule is CC(=O)C1=C(c2ccccc2)[S+](C)Cc2ccccc21.F[B-](F)(F)F. The second kappa shape index (κ2) is 7.91. The number of halogens is 4. The number of Topliss-reactive ketones (excluding diaryl/α,β-unsaturated/α-hetero) is 1. The molecule has 2 aromatic rings. The Kier molecular flexibility index (Phi) is 6.11.